The molecule has 5 nitrogen and oxygen atoms in total. The number of nitrogens with zero attached hydrogens (tertiary/aromatic N) is 3. The molecule has 1 aliphatic heterocycles. The van der Waals surface area contributed by atoms with Crippen LogP contribution in [-0.2, 0) is 11.3 Å². The summed E-state index contributed by atoms with van der Waals surface area (Å²) in [5, 5.41) is 2.05. The molecule has 24 heavy (non-hydrogen) atoms. The van der Waals surface area contributed by atoms with Gasteiger partial charge in [0.1, 0.15) is 0 Å². The first-order valence-electron chi connectivity index (χ1n) is 8.95. The Bertz CT molecular complexity index is 520. The van der Waals surface area contributed by atoms with Crippen LogP contribution in [0.15, 0.2) is 17.5 Å². The third kappa shape index (κ3) is 4.50. The van der Waals surface area contributed by atoms with E-state index in [1.165, 1.54) is 4.88 Å². The molecule has 2 heterocycles. The molecule has 1 aromatic rings. The molecule has 1 fully saturated rings. The molecule has 3 amide bonds. The summed E-state index contributed by atoms with van der Waals surface area (Å²) in [6.45, 7) is 10.3. The molecule has 1 saturated heterocycles. The van der Waals surface area contributed by atoms with Crippen LogP contribution in [0.3, 0.4) is 0 Å². The number of hydrogen-bond acceptors (Lipinski definition) is 3. The van der Waals surface area contributed by atoms with Gasteiger partial charge in [-0.3, -0.25) is 4.79 Å². The molecule has 6 heteroatoms. The molecular formula is C18H29N3O2S. The molecule has 0 spiro atoms. The van der Waals surface area contributed by atoms with E-state index in [1.807, 2.05) is 46.9 Å². The van der Waals surface area contributed by atoms with Gasteiger partial charge in [-0.1, -0.05) is 6.07 Å². The largest absolute Gasteiger partial charge is 0.338 e. The van der Waals surface area contributed by atoms with Crippen molar-refractivity contribution in [2.24, 2.45) is 5.92 Å². The third-order valence-electron chi connectivity index (χ3n) is 4.77. The van der Waals surface area contributed by atoms with E-state index in [-0.39, 0.29) is 17.9 Å². The van der Waals surface area contributed by atoms with Gasteiger partial charge in [0.25, 0.3) is 0 Å². The Morgan fingerprint density at radius 2 is 1.75 bits per heavy atom. The fourth-order valence-corrected chi connectivity index (χ4v) is 3.93. The molecule has 1 aliphatic rings. The molecule has 1 aromatic heterocycles. The average molecular weight is 352 g/mol. The van der Waals surface area contributed by atoms with Crippen LogP contribution in [0.5, 0.6) is 0 Å². The van der Waals surface area contributed by atoms with Crippen molar-refractivity contribution >= 4 is 23.3 Å². The molecule has 0 aromatic carbocycles. The van der Waals surface area contributed by atoms with Crippen molar-refractivity contribution in [1.29, 1.82) is 0 Å². The number of amides is 3. The highest BCUT2D eigenvalue weighted by Gasteiger charge is 2.31. The Morgan fingerprint density at radius 3 is 2.25 bits per heavy atom. The summed E-state index contributed by atoms with van der Waals surface area (Å²) in [4.78, 5) is 32.1. The maximum absolute atomic E-state index is 12.8. The molecule has 0 saturated carbocycles. The van der Waals surface area contributed by atoms with Crippen molar-refractivity contribution in [3.63, 3.8) is 0 Å². The molecule has 134 valence electrons. The molecule has 2 rings (SSSR count). The van der Waals surface area contributed by atoms with Crippen molar-refractivity contribution in [2.45, 2.75) is 40.2 Å². The second-order valence-corrected chi connectivity index (χ2v) is 7.18. The van der Waals surface area contributed by atoms with Crippen LogP contribution < -0.4 is 0 Å². The lowest BCUT2D eigenvalue weighted by Gasteiger charge is -2.36. The normalized spacial score (nSPS) is 15.4. The summed E-state index contributed by atoms with van der Waals surface area (Å²) < 4.78 is 0. The Morgan fingerprint density at radius 1 is 1.12 bits per heavy atom. The first-order valence-corrected chi connectivity index (χ1v) is 9.83. The first-order chi connectivity index (χ1) is 11.6. The Hall–Kier alpha value is -1.56. The third-order valence-corrected chi connectivity index (χ3v) is 5.63. The van der Waals surface area contributed by atoms with Crippen molar-refractivity contribution in [3.05, 3.63) is 22.4 Å². The van der Waals surface area contributed by atoms with Gasteiger partial charge < -0.3 is 14.7 Å². The van der Waals surface area contributed by atoms with Gasteiger partial charge in [-0.2, -0.15) is 0 Å². The summed E-state index contributed by atoms with van der Waals surface area (Å²) >= 11 is 1.69. The number of thiophene rings is 1. The van der Waals surface area contributed by atoms with E-state index in [1.54, 1.807) is 11.3 Å². The minimum Gasteiger partial charge on any atom is -0.338 e. The van der Waals surface area contributed by atoms with Crippen molar-refractivity contribution < 1.29 is 9.59 Å². The van der Waals surface area contributed by atoms with Gasteiger partial charge >= 0.3 is 6.03 Å². The van der Waals surface area contributed by atoms with Crippen LogP contribution in [0.2, 0.25) is 0 Å². The van der Waals surface area contributed by atoms with E-state index in [4.69, 9.17) is 0 Å². The number of hydrogen-bond donors (Lipinski definition) is 0. The summed E-state index contributed by atoms with van der Waals surface area (Å²) in [5.74, 6) is 0.284. The lowest BCUT2D eigenvalue weighted by atomic mass is 9.95. The van der Waals surface area contributed by atoms with Crippen LogP contribution >= 0.6 is 11.3 Å². The predicted molar refractivity (Wildman–Crippen MR) is 98.0 cm³/mol. The van der Waals surface area contributed by atoms with Gasteiger partial charge in [-0.05, 0) is 45.1 Å². The molecule has 0 bridgehead atoms. The topological polar surface area (TPSA) is 43.9 Å². The molecular weight excluding hydrogens is 322 g/mol. The minimum absolute atomic E-state index is 0.0469. The number of likely N-dealkylation sites (tertiary alicyclic amines) is 1. The zero-order chi connectivity index (χ0) is 17.5. The SMILES string of the molecule is CCN(Cc1cccs1)C(=O)C1CCN(C(=O)N(CC)CC)CC1. The van der Waals surface area contributed by atoms with E-state index < -0.39 is 0 Å². The zero-order valence-corrected chi connectivity index (χ0v) is 15.8. The number of carbonyl (C=O) groups is 2. The summed E-state index contributed by atoms with van der Waals surface area (Å²) in [5.41, 5.74) is 0. The fraction of sp³-hybridized carbons (Fsp3) is 0.667. The van der Waals surface area contributed by atoms with Crippen molar-refractivity contribution in [1.82, 2.24) is 14.7 Å². The average Bonchev–Trinajstić information content (AvgIpc) is 3.13. The monoisotopic (exact) mass is 351 g/mol. The van der Waals surface area contributed by atoms with Crippen LogP contribution in [0.25, 0.3) is 0 Å². The van der Waals surface area contributed by atoms with Crippen LogP contribution in [0.1, 0.15) is 38.5 Å². The van der Waals surface area contributed by atoms with E-state index >= 15 is 0 Å². The van der Waals surface area contributed by atoms with Gasteiger partial charge in [-0.25, -0.2) is 4.79 Å². The maximum atomic E-state index is 12.8. The zero-order valence-electron chi connectivity index (χ0n) is 15.0. The van der Waals surface area contributed by atoms with Crippen LogP contribution in [-0.4, -0.2) is 59.4 Å². The number of carbonyl (C=O) groups excluding carboxylic acids is 2. The smallest absolute Gasteiger partial charge is 0.319 e. The summed E-state index contributed by atoms with van der Waals surface area (Å²) in [6.07, 6.45) is 1.54. The Balaban J connectivity index is 1.88. The minimum atomic E-state index is 0.0469. The highest BCUT2D eigenvalue weighted by atomic mass is 32.1. The van der Waals surface area contributed by atoms with Crippen molar-refractivity contribution in [3.8, 4) is 0 Å². The van der Waals surface area contributed by atoms with Crippen molar-refractivity contribution in [2.75, 3.05) is 32.7 Å². The van der Waals surface area contributed by atoms with E-state index in [0.29, 0.717) is 19.6 Å². The molecule has 0 N–H and O–H groups in total. The lowest BCUT2D eigenvalue weighted by molar-refractivity contribution is -0.137. The van der Waals surface area contributed by atoms with Crippen LogP contribution in [0.4, 0.5) is 4.79 Å². The molecule has 0 aliphatic carbocycles. The maximum Gasteiger partial charge on any atom is 0.319 e. The number of urea groups is 1. The van der Waals surface area contributed by atoms with E-state index in [0.717, 1.165) is 32.5 Å². The summed E-state index contributed by atoms with van der Waals surface area (Å²) in [6, 6.07) is 4.21. The molecule has 0 atom stereocenters. The van der Waals surface area contributed by atoms with Gasteiger partial charge in [0, 0.05) is 43.5 Å². The van der Waals surface area contributed by atoms with Crippen LogP contribution in [0, 0.1) is 5.92 Å². The lowest BCUT2D eigenvalue weighted by Crippen LogP contribution is -2.48. The highest BCUT2D eigenvalue weighted by Crippen LogP contribution is 2.22. The van der Waals surface area contributed by atoms with Gasteiger partial charge in [0.2, 0.25) is 5.91 Å². The van der Waals surface area contributed by atoms with Gasteiger partial charge in [0.15, 0.2) is 0 Å². The van der Waals surface area contributed by atoms with E-state index in [2.05, 4.69) is 6.07 Å². The highest BCUT2D eigenvalue weighted by molar-refractivity contribution is 7.09. The quantitative estimate of drug-likeness (QED) is 0.789. The second kappa shape index (κ2) is 9.06. The predicted octanol–water partition coefficient (Wildman–Crippen LogP) is 3.27. The fourth-order valence-electron chi connectivity index (χ4n) is 3.21. The standard InChI is InChI=1S/C18H29N3O2S/c1-4-19(5-2)18(23)21-11-9-15(10-12-21)17(22)20(6-3)14-16-8-7-13-24-16/h7-8,13,15H,4-6,9-12,14H2,1-3H3. The number of piperidine rings is 1. The Labute approximate surface area is 149 Å². The first kappa shape index (κ1) is 18.8. The second-order valence-electron chi connectivity index (χ2n) is 6.15. The van der Waals surface area contributed by atoms with Gasteiger partial charge in [0.05, 0.1) is 6.54 Å². The van der Waals surface area contributed by atoms with Gasteiger partial charge in [-0.15, -0.1) is 11.3 Å². The van der Waals surface area contributed by atoms with E-state index in [9.17, 15) is 9.59 Å². The molecule has 0 radical (unpaired) electrons. The number of rotatable bonds is 6. The summed E-state index contributed by atoms with van der Waals surface area (Å²) in [7, 11) is 0. The molecule has 0 unspecified atom stereocenters. The Kier molecular flexibility index (Phi) is 7.09.